The first-order valence-corrected chi connectivity index (χ1v) is 22.4. The molecule has 2 N–H and O–H groups in total. The minimum absolute atomic E-state index is 0.112. The molecule has 1 saturated heterocycles. The molecule has 2 fully saturated rings. The summed E-state index contributed by atoms with van der Waals surface area (Å²) in [6.07, 6.45) is 6.63. The Morgan fingerprint density at radius 2 is 1.73 bits per heavy atom. The average Bonchev–Trinajstić information content (AvgIpc) is 3.82. The molecule has 326 valence electrons. The van der Waals surface area contributed by atoms with Gasteiger partial charge in [-0.25, -0.2) is 9.52 Å². The third-order valence-electron chi connectivity index (χ3n) is 11.6. The van der Waals surface area contributed by atoms with Gasteiger partial charge in [-0.1, -0.05) is 31.4 Å². The van der Waals surface area contributed by atoms with Gasteiger partial charge in [0.25, 0.3) is 5.91 Å². The van der Waals surface area contributed by atoms with Crippen LogP contribution < -0.4 is 19.5 Å². The summed E-state index contributed by atoms with van der Waals surface area (Å²) in [7, 11) is 1.98. The van der Waals surface area contributed by atoms with Crippen LogP contribution in [0.2, 0.25) is 0 Å². The molecule has 0 radical (unpaired) electrons. The van der Waals surface area contributed by atoms with Crippen molar-refractivity contribution in [3.05, 3.63) is 47.5 Å². The van der Waals surface area contributed by atoms with Gasteiger partial charge in [0.1, 0.15) is 18.8 Å². The first kappa shape index (κ1) is 44.6. The molecule has 6 rings (SSSR count). The number of hydrogen-bond donors (Lipinski definition) is 2. The Morgan fingerprint density at radius 1 is 1.00 bits per heavy atom. The number of para-hydroxylation sites is 1. The lowest BCUT2D eigenvalue weighted by molar-refractivity contribution is -0.106. The predicted octanol–water partition coefficient (Wildman–Crippen LogP) is 5.57. The fourth-order valence-corrected chi connectivity index (χ4v) is 9.23. The highest BCUT2D eigenvalue weighted by Gasteiger charge is 2.34. The van der Waals surface area contributed by atoms with Gasteiger partial charge in [0.2, 0.25) is 0 Å². The van der Waals surface area contributed by atoms with E-state index in [4.69, 9.17) is 23.7 Å². The molecule has 59 heavy (non-hydrogen) atoms. The number of ether oxygens (including phenoxy) is 5. The van der Waals surface area contributed by atoms with Crippen molar-refractivity contribution in [2.45, 2.75) is 96.1 Å². The molecule has 1 saturated carbocycles. The molecule has 1 aromatic heterocycles. The Morgan fingerprint density at radius 3 is 2.42 bits per heavy atom. The maximum absolute atomic E-state index is 13.8. The lowest BCUT2D eigenvalue weighted by Crippen LogP contribution is -2.45. The summed E-state index contributed by atoms with van der Waals surface area (Å²) in [4.78, 5) is 30.9. The zero-order valence-electron chi connectivity index (χ0n) is 35.9. The standard InChI is InChI=1S/C43H64N6O9S/c1-43(2,3)58-42(51)44-20-23-46(4)32-27-49-35-26-31(41(50)45-59(52,53)47(5)28-37(54-6)55-7)18-19-33(35)38(30-14-9-8-10-15-30)39(49)34-16-13-17-36(40(34)57-29-32)56-25-24-48-21-11-12-22-48/h13,16-19,26,30,32,37H,8-12,14-15,20-25,27-29H2,1-7H3,(H,44,51)(H,45,50)/t32-/m1/s1. The van der Waals surface area contributed by atoms with E-state index in [1.54, 1.807) is 6.07 Å². The van der Waals surface area contributed by atoms with Crippen molar-refractivity contribution >= 4 is 33.1 Å². The Balaban J connectivity index is 1.41. The molecule has 3 aromatic rings. The van der Waals surface area contributed by atoms with Crippen LogP contribution in [0.15, 0.2) is 36.4 Å². The number of fused-ring (bicyclic) bond motifs is 5. The number of aromatic nitrogens is 1. The van der Waals surface area contributed by atoms with E-state index >= 15 is 0 Å². The van der Waals surface area contributed by atoms with Crippen LogP contribution in [0.4, 0.5) is 4.79 Å². The van der Waals surface area contributed by atoms with Crippen LogP contribution in [0.5, 0.6) is 11.5 Å². The second-order valence-corrected chi connectivity index (χ2v) is 18.7. The molecule has 2 amide bonds. The predicted molar refractivity (Wildman–Crippen MR) is 227 cm³/mol. The van der Waals surface area contributed by atoms with Crippen LogP contribution in [0, 0.1) is 0 Å². The van der Waals surface area contributed by atoms with Crippen LogP contribution >= 0.6 is 0 Å². The minimum Gasteiger partial charge on any atom is -0.488 e. The zero-order chi connectivity index (χ0) is 42.3. The van der Waals surface area contributed by atoms with Crippen molar-refractivity contribution in [3.8, 4) is 22.8 Å². The number of hydrogen-bond acceptors (Lipinski definition) is 11. The molecule has 15 nitrogen and oxygen atoms in total. The number of rotatable bonds is 16. The van der Waals surface area contributed by atoms with Gasteiger partial charge in [0.15, 0.2) is 17.8 Å². The van der Waals surface area contributed by atoms with E-state index < -0.39 is 34.1 Å². The highest BCUT2D eigenvalue weighted by molar-refractivity contribution is 7.87. The summed E-state index contributed by atoms with van der Waals surface area (Å²) in [5.74, 6) is 0.885. The van der Waals surface area contributed by atoms with E-state index in [0.717, 1.165) is 71.8 Å². The number of benzene rings is 2. The lowest BCUT2D eigenvalue weighted by atomic mass is 9.81. The van der Waals surface area contributed by atoms with Crippen molar-refractivity contribution in [2.24, 2.45) is 0 Å². The fourth-order valence-electron chi connectivity index (χ4n) is 8.41. The zero-order valence-corrected chi connectivity index (χ0v) is 36.7. The Kier molecular flexibility index (Phi) is 14.8. The Labute approximate surface area is 349 Å². The molecule has 1 aliphatic carbocycles. The summed E-state index contributed by atoms with van der Waals surface area (Å²) >= 11 is 0. The van der Waals surface area contributed by atoms with Crippen LogP contribution in [0.1, 0.15) is 87.6 Å². The van der Waals surface area contributed by atoms with Gasteiger partial charge in [-0.3, -0.25) is 14.6 Å². The maximum Gasteiger partial charge on any atom is 0.407 e. The van der Waals surface area contributed by atoms with Gasteiger partial charge in [-0.15, -0.1) is 0 Å². The Hall–Kier alpha value is -3.93. The highest BCUT2D eigenvalue weighted by Crippen LogP contribution is 2.49. The smallest absolute Gasteiger partial charge is 0.407 e. The Bertz CT molecular complexity index is 2020. The summed E-state index contributed by atoms with van der Waals surface area (Å²) in [6, 6.07) is 11.4. The summed E-state index contributed by atoms with van der Waals surface area (Å²) in [5, 5.41) is 3.90. The van der Waals surface area contributed by atoms with E-state index in [-0.39, 0.29) is 24.1 Å². The molecule has 2 aliphatic heterocycles. The van der Waals surface area contributed by atoms with Gasteiger partial charge in [0.05, 0.1) is 18.3 Å². The number of likely N-dealkylation sites (N-methyl/N-ethyl adjacent to an activating group) is 2. The van der Waals surface area contributed by atoms with E-state index in [0.29, 0.717) is 44.3 Å². The minimum atomic E-state index is -4.23. The monoisotopic (exact) mass is 840 g/mol. The van der Waals surface area contributed by atoms with Gasteiger partial charge in [-0.05, 0) is 102 Å². The number of nitrogens with one attached hydrogen (secondary N) is 2. The van der Waals surface area contributed by atoms with Crippen LogP contribution in [0.3, 0.4) is 0 Å². The van der Waals surface area contributed by atoms with E-state index in [9.17, 15) is 18.0 Å². The van der Waals surface area contributed by atoms with E-state index in [1.807, 2.05) is 52.1 Å². The van der Waals surface area contributed by atoms with Crippen LogP contribution in [-0.2, 0) is 31.0 Å². The largest absolute Gasteiger partial charge is 0.488 e. The number of carbonyl (C=O) groups excluding carboxylic acids is 2. The van der Waals surface area contributed by atoms with Crippen molar-refractivity contribution in [2.75, 3.05) is 80.8 Å². The second-order valence-electron chi connectivity index (χ2n) is 17.0. The third kappa shape index (κ3) is 11.1. The van der Waals surface area contributed by atoms with Gasteiger partial charge in [0, 0.05) is 69.5 Å². The summed E-state index contributed by atoms with van der Waals surface area (Å²) in [6.45, 7) is 10.6. The first-order chi connectivity index (χ1) is 28.2. The second kappa shape index (κ2) is 19.6. The van der Waals surface area contributed by atoms with E-state index in [2.05, 4.69) is 30.5 Å². The number of carbonyl (C=O) groups is 2. The van der Waals surface area contributed by atoms with Crippen LogP contribution in [-0.4, -0.2) is 138 Å². The fraction of sp³-hybridized carbons (Fsp3) is 0.628. The molecule has 3 aliphatic rings. The first-order valence-electron chi connectivity index (χ1n) is 21.0. The van der Waals surface area contributed by atoms with Crippen molar-refractivity contribution in [1.29, 1.82) is 0 Å². The number of methoxy groups -OCH3 is 2. The molecule has 3 heterocycles. The van der Waals surface area contributed by atoms with Crippen molar-refractivity contribution in [1.82, 2.24) is 28.7 Å². The molecule has 16 heteroatoms. The van der Waals surface area contributed by atoms with E-state index in [1.165, 1.54) is 46.1 Å². The molecular weight excluding hydrogens is 777 g/mol. The lowest BCUT2D eigenvalue weighted by Gasteiger charge is -2.33. The average molecular weight is 841 g/mol. The van der Waals surface area contributed by atoms with Gasteiger partial charge in [-0.2, -0.15) is 12.7 Å². The number of likely N-dealkylation sites (tertiary alicyclic amines) is 1. The molecular formula is C43H64N6O9S. The highest BCUT2D eigenvalue weighted by atomic mass is 32.2. The number of amides is 2. The number of alkyl carbamates (subject to hydrolysis) is 1. The molecule has 1 atom stereocenters. The summed E-state index contributed by atoms with van der Waals surface area (Å²) < 4.78 is 61.4. The normalized spacial score (nSPS) is 18.0. The van der Waals surface area contributed by atoms with Gasteiger partial charge >= 0.3 is 16.3 Å². The van der Waals surface area contributed by atoms with Gasteiger partial charge < -0.3 is 33.6 Å². The maximum atomic E-state index is 13.8. The SMILES string of the molecule is COC(CN(C)S(=O)(=O)NC(=O)c1ccc2c(C3CCCCC3)c3n(c2c1)C[C@@H](N(C)CCNC(=O)OC(C)(C)C)COc1c(OCCN2CCCC2)cccc1-3)OC. The topological polar surface area (TPSA) is 153 Å². The third-order valence-corrected chi connectivity index (χ3v) is 13.0. The van der Waals surface area contributed by atoms with Crippen molar-refractivity contribution in [3.63, 3.8) is 0 Å². The molecule has 0 bridgehead atoms. The molecule has 0 spiro atoms. The molecule has 2 aromatic carbocycles. The van der Waals surface area contributed by atoms with Crippen molar-refractivity contribution < 1.29 is 41.7 Å². The molecule has 0 unspecified atom stereocenters. The number of nitrogens with zero attached hydrogens (tertiary/aromatic N) is 4. The quantitative estimate of drug-likeness (QED) is 0.174. The van der Waals surface area contributed by atoms with Crippen LogP contribution in [0.25, 0.3) is 22.2 Å². The summed E-state index contributed by atoms with van der Waals surface area (Å²) in [5.41, 5.74) is 3.58.